The number of hydrogen-bond donors (Lipinski definition) is 2. The molecule has 0 spiro atoms. The molecule has 0 saturated heterocycles. The normalized spacial score (nSPS) is 11.6. The van der Waals surface area contributed by atoms with Crippen LogP contribution in [0, 0.1) is 5.41 Å². The number of benzene rings is 1. The third-order valence-electron chi connectivity index (χ3n) is 3.43. The Balaban J connectivity index is 2.38. The summed E-state index contributed by atoms with van der Waals surface area (Å²) in [5.74, 6) is 0.119. The average Bonchev–Trinajstić information content (AvgIpc) is 2.82. The Morgan fingerprint density at radius 1 is 1.24 bits per heavy atom. The quantitative estimate of drug-likeness (QED) is 0.651. The molecular formula is C17H23N3S. The Kier molecular flexibility index (Phi) is 4.47. The zero-order chi connectivity index (χ0) is 15.6. The maximum absolute atomic E-state index is 7.69. The summed E-state index contributed by atoms with van der Waals surface area (Å²) in [6, 6.07) is 8.53. The van der Waals surface area contributed by atoms with E-state index in [9.17, 15) is 0 Å². The Morgan fingerprint density at radius 2 is 1.86 bits per heavy atom. The lowest BCUT2D eigenvalue weighted by Crippen LogP contribution is -2.11. The van der Waals surface area contributed by atoms with Crippen molar-refractivity contribution in [2.75, 3.05) is 0 Å². The average molecular weight is 301 g/mol. The van der Waals surface area contributed by atoms with E-state index in [1.807, 2.05) is 0 Å². The fourth-order valence-electron chi connectivity index (χ4n) is 2.20. The van der Waals surface area contributed by atoms with Crippen LogP contribution in [0.1, 0.15) is 50.3 Å². The molecule has 0 radical (unpaired) electrons. The molecule has 2 aromatic rings. The van der Waals surface area contributed by atoms with Gasteiger partial charge in [-0.2, -0.15) is 0 Å². The van der Waals surface area contributed by atoms with Crippen molar-refractivity contribution in [3.8, 4) is 10.6 Å². The molecule has 0 bridgehead atoms. The van der Waals surface area contributed by atoms with E-state index in [0.29, 0.717) is 0 Å². The molecule has 3 nitrogen and oxygen atoms in total. The number of hydrogen-bond acceptors (Lipinski definition) is 3. The minimum Gasteiger partial charge on any atom is -0.383 e. The number of aryl methyl sites for hydroxylation is 1. The van der Waals surface area contributed by atoms with Crippen molar-refractivity contribution in [1.29, 1.82) is 5.41 Å². The molecular weight excluding hydrogens is 278 g/mol. The molecule has 0 aliphatic heterocycles. The summed E-state index contributed by atoms with van der Waals surface area (Å²) in [4.78, 5) is 5.49. The van der Waals surface area contributed by atoms with Crippen molar-refractivity contribution in [1.82, 2.24) is 4.98 Å². The number of nitrogens with one attached hydrogen (secondary N) is 1. The third-order valence-corrected chi connectivity index (χ3v) is 4.61. The fourth-order valence-corrected chi connectivity index (χ4v) is 3.18. The first-order chi connectivity index (χ1) is 9.82. The highest BCUT2D eigenvalue weighted by atomic mass is 32.1. The van der Waals surface area contributed by atoms with Crippen LogP contribution < -0.4 is 5.73 Å². The van der Waals surface area contributed by atoms with Gasteiger partial charge in [0.2, 0.25) is 0 Å². The van der Waals surface area contributed by atoms with Crippen LogP contribution in [0.3, 0.4) is 0 Å². The van der Waals surface area contributed by atoms with E-state index in [2.05, 4.69) is 56.9 Å². The lowest BCUT2D eigenvalue weighted by molar-refractivity contribution is 0.590. The van der Waals surface area contributed by atoms with Gasteiger partial charge >= 0.3 is 0 Å². The second-order valence-electron chi connectivity index (χ2n) is 6.29. The number of nitrogen functional groups attached to an aromatic ring is 1. The summed E-state index contributed by atoms with van der Waals surface area (Å²) in [5, 5.41) is 8.64. The Morgan fingerprint density at radius 3 is 2.33 bits per heavy atom. The van der Waals surface area contributed by atoms with Gasteiger partial charge in [0.25, 0.3) is 0 Å². The van der Waals surface area contributed by atoms with E-state index < -0.39 is 0 Å². The van der Waals surface area contributed by atoms with Crippen LogP contribution in [0.2, 0.25) is 0 Å². The number of nitrogens with two attached hydrogens (primary N) is 1. The molecule has 21 heavy (non-hydrogen) atoms. The van der Waals surface area contributed by atoms with Crippen LogP contribution >= 0.6 is 11.3 Å². The summed E-state index contributed by atoms with van der Waals surface area (Å²) in [5.41, 5.74) is 9.18. The molecule has 0 fully saturated rings. The zero-order valence-electron chi connectivity index (χ0n) is 13.2. The van der Waals surface area contributed by atoms with Gasteiger partial charge in [-0.25, -0.2) is 4.98 Å². The number of rotatable bonds is 4. The van der Waals surface area contributed by atoms with Crippen LogP contribution in [-0.2, 0) is 11.8 Å². The number of nitrogens with zero attached hydrogens (tertiary/aromatic N) is 1. The van der Waals surface area contributed by atoms with Crippen molar-refractivity contribution >= 4 is 17.2 Å². The highest BCUT2D eigenvalue weighted by Gasteiger charge is 2.16. The van der Waals surface area contributed by atoms with Gasteiger partial charge in [-0.3, -0.25) is 5.41 Å². The van der Waals surface area contributed by atoms with Crippen molar-refractivity contribution in [3.05, 3.63) is 40.4 Å². The minimum atomic E-state index is 0.119. The van der Waals surface area contributed by atoms with E-state index in [1.54, 1.807) is 0 Å². The van der Waals surface area contributed by atoms with Gasteiger partial charge in [0.15, 0.2) is 0 Å². The van der Waals surface area contributed by atoms with Crippen molar-refractivity contribution in [2.45, 2.75) is 46.0 Å². The Bertz CT molecular complexity index is 633. The lowest BCUT2D eigenvalue weighted by atomic mass is 9.87. The van der Waals surface area contributed by atoms with Crippen LogP contribution in [0.4, 0.5) is 0 Å². The molecule has 0 saturated carbocycles. The van der Waals surface area contributed by atoms with E-state index in [1.165, 1.54) is 16.9 Å². The summed E-state index contributed by atoms with van der Waals surface area (Å²) >= 11 is 1.51. The zero-order valence-corrected chi connectivity index (χ0v) is 14.0. The standard InChI is InChI=1S/C17H23N3S/c1-5-6-13-14(15(18)19)21-16(20-13)11-7-9-12(10-8-11)17(2,3)4/h7-10H,5-6H2,1-4H3,(H3,18,19). The molecule has 3 N–H and O–H groups in total. The largest absolute Gasteiger partial charge is 0.383 e. The van der Waals surface area contributed by atoms with Crippen molar-refractivity contribution < 1.29 is 0 Å². The Labute approximate surface area is 130 Å². The van der Waals surface area contributed by atoms with Gasteiger partial charge in [-0.15, -0.1) is 11.3 Å². The molecule has 112 valence electrons. The highest BCUT2D eigenvalue weighted by molar-refractivity contribution is 7.17. The fraction of sp³-hybridized carbons (Fsp3) is 0.412. The predicted molar refractivity (Wildman–Crippen MR) is 91.3 cm³/mol. The molecule has 4 heteroatoms. The Hall–Kier alpha value is -1.68. The first kappa shape index (κ1) is 15.7. The monoisotopic (exact) mass is 301 g/mol. The molecule has 0 aliphatic carbocycles. The van der Waals surface area contributed by atoms with Gasteiger partial charge in [-0.05, 0) is 17.4 Å². The molecule has 0 atom stereocenters. The van der Waals surface area contributed by atoms with Gasteiger partial charge in [0, 0.05) is 5.56 Å². The second-order valence-corrected chi connectivity index (χ2v) is 7.28. The van der Waals surface area contributed by atoms with Gasteiger partial charge in [0.1, 0.15) is 10.8 Å². The minimum absolute atomic E-state index is 0.119. The second kappa shape index (κ2) is 5.98. The smallest absolute Gasteiger partial charge is 0.135 e. The summed E-state index contributed by atoms with van der Waals surface area (Å²) in [7, 11) is 0. The first-order valence-corrected chi connectivity index (χ1v) is 8.09. The number of aromatic nitrogens is 1. The van der Waals surface area contributed by atoms with Crippen LogP contribution in [0.15, 0.2) is 24.3 Å². The molecule has 2 rings (SSSR count). The van der Waals surface area contributed by atoms with Crippen LogP contribution in [0.5, 0.6) is 0 Å². The third kappa shape index (κ3) is 3.50. The molecule has 0 aliphatic rings. The molecule has 0 amide bonds. The summed E-state index contributed by atoms with van der Waals surface area (Å²) < 4.78 is 0. The molecule has 1 heterocycles. The van der Waals surface area contributed by atoms with Crippen molar-refractivity contribution in [2.24, 2.45) is 5.73 Å². The van der Waals surface area contributed by atoms with E-state index >= 15 is 0 Å². The lowest BCUT2D eigenvalue weighted by Gasteiger charge is -2.18. The SMILES string of the molecule is CCCc1nc(-c2ccc(C(C)(C)C)cc2)sc1C(=N)N. The van der Waals surface area contributed by atoms with Crippen molar-refractivity contribution in [3.63, 3.8) is 0 Å². The number of thiazole rings is 1. The first-order valence-electron chi connectivity index (χ1n) is 7.28. The molecule has 0 unspecified atom stereocenters. The van der Waals surface area contributed by atoms with Gasteiger partial charge < -0.3 is 5.73 Å². The maximum Gasteiger partial charge on any atom is 0.135 e. The van der Waals surface area contributed by atoms with Crippen LogP contribution in [-0.4, -0.2) is 10.8 Å². The maximum atomic E-state index is 7.69. The molecule has 1 aromatic heterocycles. The van der Waals surface area contributed by atoms with Gasteiger partial charge in [0.05, 0.1) is 10.6 Å². The van der Waals surface area contributed by atoms with Gasteiger partial charge in [-0.1, -0.05) is 58.4 Å². The number of amidine groups is 1. The van der Waals surface area contributed by atoms with Crippen LogP contribution in [0.25, 0.3) is 10.6 Å². The van der Waals surface area contributed by atoms with E-state index in [4.69, 9.17) is 11.1 Å². The van der Waals surface area contributed by atoms with E-state index in [-0.39, 0.29) is 11.3 Å². The topological polar surface area (TPSA) is 62.8 Å². The summed E-state index contributed by atoms with van der Waals surface area (Å²) in [6.45, 7) is 8.73. The summed E-state index contributed by atoms with van der Waals surface area (Å²) in [6.07, 6.45) is 1.87. The van der Waals surface area contributed by atoms with E-state index in [0.717, 1.165) is 34.0 Å². The highest BCUT2D eigenvalue weighted by Crippen LogP contribution is 2.30. The molecule has 1 aromatic carbocycles. The predicted octanol–water partition coefficient (Wildman–Crippen LogP) is 4.34.